The first kappa shape index (κ1) is 26.9. The van der Waals surface area contributed by atoms with Gasteiger partial charge >= 0.3 is 5.97 Å². The highest BCUT2D eigenvalue weighted by atomic mass is 35.5. The van der Waals surface area contributed by atoms with Crippen LogP contribution in [0.3, 0.4) is 0 Å². The third-order valence-electron chi connectivity index (χ3n) is 7.36. The van der Waals surface area contributed by atoms with E-state index in [0.717, 1.165) is 24.0 Å². The Kier molecular flexibility index (Phi) is 7.72. The van der Waals surface area contributed by atoms with Crippen molar-refractivity contribution in [3.8, 4) is 0 Å². The van der Waals surface area contributed by atoms with Gasteiger partial charge in [-0.3, -0.25) is 9.59 Å². The number of carbonyl (C=O) groups excluding carboxylic acids is 1. The summed E-state index contributed by atoms with van der Waals surface area (Å²) in [6.07, 6.45) is 1.53. The molecule has 1 saturated heterocycles. The lowest BCUT2D eigenvalue weighted by molar-refractivity contribution is -0.160. The lowest BCUT2D eigenvalue weighted by Gasteiger charge is -2.52. The average molecular weight is 554 g/mol. The van der Waals surface area contributed by atoms with Gasteiger partial charge in [-0.05, 0) is 67.6 Å². The number of carbonyl (C=O) groups is 2. The molecule has 0 bridgehead atoms. The van der Waals surface area contributed by atoms with Gasteiger partial charge in [0, 0.05) is 16.0 Å². The van der Waals surface area contributed by atoms with Crippen LogP contribution in [-0.4, -0.2) is 49.1 Å². The molecule has 4 atom stereocenters. The molecule has 194 valence electrons. The Hall–Kier alpha value is -2.13. The highest BCUT2D eigenvalue weighted by molar-refractivity contribution is 7.89. The monoisotopic (exact) mass is 552 g/mol. The molecule has 1 heterocycles. The maximum atomic E-state index is 14.2. The van der Waals surface area contributed by atoms with Crippen molar-refractivity contribution >= 4 is 45.1 Å². The van der Waals surface area contributed by atoms with Crippen molar-refractivity contribution in [3.05, 3.63) is 69.7 Å². The van der Waals surface area contributed by atoms with Crippen molar-refractivity contribution < 1.29 is 23.1 Å². The Morgan fingerprint density at radius 2 is 1.81 bits per heavy atom. The molecule has 2 aromatic rings. The van der Waals surface area contributed by atoms with Crippen LogP contribution < -0.4 is 4.72 Å². The number of hydrogen-bond donors (Lipinski definition) is 2. The van der Waals surface area contributed by atoms with E-state index < -0.39 is 33.5 Å². The first-order valence-electron chi connectivity index (χ1n) is 11.9. The number of nitrogens with one attached hydrogen (secondary N) is 1. The molecule has 10 heteroatoms. The number of halogens is 2. The Balaban J connectivity index is 1.93. The molecule has 0 aromatic heterocycles. The van der Waals surface area contributed by atoms with Crippen LogP contribution in [0.1, 0.15) is 55.7 Å². The van der Waals surface area contributed by atoms with Gasteiger partial charge in [0.15, 0.2) is 0 Å². The first-order valence-corrected chi connectivity index (χ1v) is 14.3. The van der Waals surface area contributed by atoms with Crippen LogP contribution >= 0.6 is 23.2 Å². The molecule has 0 radical (unpaired) electrons. The third-order valence-corrected chi connectivity index (χ3v) is 9.25. The van der Waals surface area contributed by atoms with Gasteiger partial charge in [-0.1, -0.05) is 54.4 Å². The molecule has 2 unspecified atom stereocenters. The van der Waals surface area contributed by atoms with Gasteiger partial charge in [0.2, 0.25) is 15.9 Å². The zero-order valence-electron chi connectivity index (χ0n) is 20.2. The summed E-state index contributed by atoms with van der Waals surface area (Å²) in [5.74, 6) is -1.97. The number of carboxylic acids is 1. The van der Waals surface area contributed by atoms with E-state index in [1.807, 2.05) is 30.3 Å². The highest BCUT2D eigenvalue weighted by Gasteiger charge is 2.55. The second-order valence-corrected chi connectivity index (χ2v) is 12.9. The minimum absolute atomic E-state index is 0.0130. The fraction of sp³-hybridized carbons (Fsp3) is 0.462. The molecule has 36 heavy (non-hydrogen) atoms. The molecule has 1 aliphatic carbocycles. The minimum atomic E-state index is -3.66. The zero-order chi connectivity index (χ0) is 26.3. The zero-order valence-corrected chi connectivity index (χ0v) is 22.5. The number of rotatable bonds is 9. The molecule has 1 amide bonds. The number of likely N-dealkylation sites (tertiary alicyclic amines) is 1. The van der Waals surface area contributed by atoms with Crippen molar-refractivity contribution in [2.75, 3.05) is 12.8 Å². The number of aliphatic carboxylic acids is 1. The molecule has 1 aliphatic heterocycles. The minimum Gasteiger partial charge on any atom is -0.481 e. The Bertz CT molecular complexity index is 1250. The topological polar surface area (TPSA) is 104 Å². The van der Waals surface area contributed by atoms with Crippen LogP contribution in [0.5, 0.6) is 0 Å². The standard InChI is InChI=1S/C26H30Cl2N2O5S/c1-26(14-23(31)32)13-21(18-4-3-5-20(28)12-18)24(17-8-10-19(27)11-9-17)30(25(26)33)22(16-6-7-16)15-36(34,35)29-2/h3-5,8-12,16,21-22,24,29H,6-7,13-15H2,1-2H3,(H,31,32)/t21?,22?,24-,26-/m1/s1. The molecule has 0 spiro atoms. The molecule has 1 saturated carbocycles. The summed E-state index contributed by atoms with van der Waals surface area (Å²) in [5.41, 5.74) is 0.448. The third kappa shape index (κ3) is 5.72. The van der Waals surface area contributed by atoms with Gasteiger partial charge in [-0.15, -0.1) is 0 Å². The van der Waals surface area contributed by atoms with Gasteiger partial charge in [-0.25, -0.2) is 13.1 Å². The van der Waals surface area contributed by atoms with Gasteiger partial charge in [0.05, 0.1) is 29.7 Å². The van der Waals surface area contributed by atoms with Crippen LogP contribution in [0.15, 0.2) is 48.5 Å². The van der Waals surface area contributed by atoms with Crippen molar-refractivity contribution in [3.63, 3.8) is 0 Å². The average Bonchev–Trinajstić information content (AvgIpc) is 3.65. The van der Waals surface area contributed by atoms with E-state index in [2.05, 4.69) is 4.72 Å². The summed E-state index contributed by atoms with van der Waals surface area (Å²) in [6, 6.07) is 13.4. The van der Waals surface area contributed by atoms with Crippen LogP contribution in [0, 0.1) is 11.3 Å². The molecule has 2 fully saturated rings. The second kappa shape index (κ2) is 10.3. The molecule has 2 N–H and O–H groups in total. The predicted octanol–water partition coefficient (Wildman–Crippen LogP) is 4.86. The number of benzene rings is 2. The van der Waals surface area contributed by atoms with E-state index in [1.165, 1.54) is 7.05 Å². The Morgan fingerprint density at radius 3 is 2.36 bits per heavy atom. The lowest BCUT2D eigenvalue weighted by Crippen LogP contribution is -2.58. The molecule has 7 nitrogen and oxygen atoms in total. The van der Waals surface area contributed by atoms with E-state index in [0.29, 0.717) is 10.0 Å². The molecule has 2 aliphatic rings. The number of nitrogens with zero attached hydrogens (tertiary/aromatic N) is 1. The van der Waals surface area contributed by atoms with Crippen molar-refractivity contribution in [2.24, 2.45) is 11.3 Å². The van der Waals surface area contributed by atoms with Gasteiger partial charge in [-0.2, -0.15) is 0 Å². The lowest BCUT2D eigenvalue weighted by atomic mass is 9.67. The van der Waals surface area contributed by atoms with Crippen LogP contribution in [0.25, 0.3) is 0 Å². The fourth-order valence-electron chi connectivity index (χ4n) is 5.48. The van der Waals surface area contributed by atoms with E-state index in [9.17, 15) is 23.1 Å². The predicted molar refractivity (Wildman–Crippen MR) is 140 cm³/mol. The SMILES string of the molecule is CNS(=O)(=O)CC(C1CC1)N1C(=O)[C@@](C)(CC(=O)O)CC(c2cccc(Cl)c2)[C@H]1c1ccc(Cl)cc1. The van der Waals surface area contributed by atoms with Crippen LogP contribution in [-0.2, 0) is 19.6 Å². The number of piperidine rings is 1. The smallest absolute Gasteiger partial charge is 0.304 e. The number of carboxylic acid groups (broad SMARTS) is 1. The van der Waals surface area contributed by atoms with Gasteiger partial charge < -0.3 is 10.0 Å². The Morgan fingerprint density at radius 1 is 1.14 bits per heavy atom. The summed E-state index contributed by atoms with van der Waals surface area (Å²) >= 11 is 12.5. The largest absolute Gasteiger partial charge is 0.481 e. The maximum Gasteiger partial charge on any atom is 0.304 e. The summed E-state index contributed by atoms with van der Waals surface area (Å²) in [7, 11) is -2.30. The van der Waals surface area contributed by atoms with Crippen LogP contribution in [0.4, 0.5) is 0 Å². The maximum absolute atomic E-state index is 14.2. The summed E-state index contributed by atoms with van der Waals surface area (Å²) in [4.78, 5) is 27.8. The quantitative estimate of drug-likeness (QED) is 0.462. The summed E-state index contributed by atoms with van der Waals surface area (Å²) in [5, 5.41) is 10.8. The highest BCUT2D eigenvalue weighted by Crippen LogP contribution is 2.54. The molecule has 2 aromatic carbocycles. The summed E-state index contributed by atoms with van der Waals surface area (Å²) < 4.78 is 27.9. The normalized spacial score (nSPS) is 25.6. The van der Waals surface area contributed by atoms with E-state index in [4.69, 9.17) is 23.2 Å². The van der Waals surface area contributed by atoms with Crippen LogP contribution in [0.2, 0.25) is 10.0 Å². The molecular formula is C26H30Cl2N2O5S. The van der Waals surface area contributed by atoms with Gasteiger partial charge in [0.1, 0.15) is 0 Å². The van der Waals surface area contributed by atoms with Crippen molar-refractivity contribution in [1.82, 2.24) is 9.62 Å². The van der Waals surface area contributed by atoms with Gasteiger partial charge in [0.25, 0.3) is 0 Å². The van der Waals surface area contributed by atoms with Crippen molar-refractivity contribution in [2.45, 2.75) is 50.6 Å². The van der Waals surface area contributed by atoms with E-state index in [-0.39, 0.29) is 36.3 Å². The number of amides is 1. The van der Waals surface area contributed by atoms with E-state index >= 15 is 0 Å². The van der Waals surface area contributed by atoms with E-state index in [1.54, 1.807) is 30.0 Å². The fourth-order valence-corrected chi connectivity index (χ4v) is 6.85. The molecular weight excluding hydrogens is 523 g/mol. The number of hydrogen-bond acceptors (Lipinski definition) is 4. The summed E-state index contributed by atoms with van der Waals surface area (Å²) in [6.45, 7) is 1.67. The molecule has 4 rings (SSSR count). The second-order valence-electron chi connectivity index (χ2n) is 10.1. The number of sulfonamides is 1. The Labute approximate surface area is 221 Å². The van der Waals surface area contributed by atoms with Crippen molar-refractivity contribution in [1.29, 1.82) is 0 Å². The first-order chi connectivity index (χ1) is 16.9.